The van der Waals surface area contributed by atoms with Crippen molar-refractivity contribution in [2.75, 3.05) is 14.2 Å². The van der Waals surface area contributed by atoms with Crippen molar-refractivity contribution in [2.24, 2.45) is 7.05 Å². The summed E-state index contributed by atoms with van der Waals surface area (Å²) in [6.07, 6.45) is 1.54. The molecule has 0 atom stereocenters. The molecule has 0 aliphatic heterocycles. The fourth-order valence-corrected chi connectivity index (χ4v) is 2.80. The van der Waals surface area contributed by atoms with E-state index in [2.05, 4.69) is 10.1 Å². The molecule has 3 aromatic rings. The molecule has 0 N–H and O–H groups in total. The average molecular weight is 342 g/mol. The van der Waals surface area contributed by atoms with Crippen LogP contribution in [0.3, 0.4) is 0 Å². The summed E-state index contributed by atoms with van der Waals surface area (Å²) in [5.41, 5.74) is 2.70. The van der Waals surface area contributed by atoms with E-state index in [0.717, 1.165) is 16.7 Å². The molecule has 0 aliphatic carbocycles. The van der Waals surface area contributed by atoms with Gasteiger partial charge >= 0.3 is 0 Å². The number of methoxy groups -OCH3 is 1. The molecule has 2 aromatic heterocycles. The van der Waals surface area contributed by atoms with Crippen LogP contribution < -0.4 is 4.74 Å². The molecule has 6 nitrogen and oxygen atoms in total. The van der Waals surface area contributed by atoms with Crippen molar-refractivity contribution in [3.8, 4) is 5.75 Å². The molecule has 3 rings (SSSR count). The van der Waals surface area contributed by atoms with E-state index in [1.165, 1.54) is 24.3 Å². The van der Waals surface area contributed by atoms with Gasteiger partial charge in [-0.2, -0.15) is 5.10 Å². The van der Waals surface area contributed by atoms with Crippen molar-refractivity contribution < 1.29 is 13.9 Å². The van der Waals surface area contributed by atoms with Gasteiger partial charge < -0.3 is 9.64 Å². The topological polar surface area (TPSA) is 60.2 Å². The van der Waals surface area contributed by atoms with E-state index in [0.29, 0.717) is 11.1 Å². The van der Waals surface area contributed by atoms with Crippen LogP contribution in [-0.2, 0) is 13.6 Å². The fraction of sp³-hybridized carbons (Fsp3) is 0.278. The summed E-state index contributed by atoms with van der Waals surface area (Å²) in [6.45, 7) is 2.16. The molecule has 0 radical (unpaired) electrons. The van der Waals surface area contributed by atoms with Gasteiger partial charge in [0.15, 0.2) is 17.2 Å². The molecule has 130 valence electrons. The van der Waals surface area contributed by atoms with Crippen molar-refractivity contribution in [1.82, 2.24) is 19.7 Å². The molecule has 1 aromatic carbocycles. The number of carbonyl (C=O) groups is 1. The summed E-state index contributed by atoms with van der Waals surface area (Å²) in [4.78, 5) is 18.5. The standard InChI is InChI=1S/C18H19FN4O2/c1-11-14-8-13(9-20-17(14)23(3)21-11)18(24)22(2)10-12-5-6-16(25-4)15(19)7-12/h5-9H,10H2,1-4H3. The van der Waals surface area contributed by atoms with Crippen LogP contribution in [0.25, 0.3) is 11.0 Å². The summed E-state index contributed by atoms with van der Waals surface area (Å²) in [5.74, 6) is -0.455. The lowest BCUT2D eigenvalue weighted by Gasteiger charge is -2.17. The molecule has 0 bridgehead atoms. The number of carbonyl (C=O) groups excluding carboxylic acids is 1. The molecular weight excluding hydrogens is 323 g/mol. The van der Waals surface area contributed by atoms with Gasteiger partial charge in [0, 0.05) is 32.2 Å². The molecule has 0 unspecified atom stereocenters. The minimum Gasteiger partial charge on any atom is -0.494 e. The average Bonchev–Trinajstić information content (AvgIpc) is 2.88. The van der Waals surface area contributed by atoms with E-state index in [4.69, 9.17) is 4.74 Å². The van der Waals surface area contributed by atoms with Gasteiger partial charge in [-0.15, -0.1) is 0 Å². The van der Waals surface area contributed by atoms with Crippen LogP contribution in [0.5, 0.6) is 5.75 Å². The Kier molecular flexibility index (Phi) is 4.39. The van der Waals surface area contributed by atoms with Crippen LogP contribution in [0.15, 0.2) is 30.5 Å². The third-order valence-corrected chi connectivity index (χ3v) is 4.09. The number of hydrogen-bond donors (Lipinski definition) is 0. The Bertz CT molecular complexity index is 952. The first-order valence-corrected chi connectivity index (χ1v) is 7.78. The molecule has 0 spiro atoms. The zero-order valence-corrected chi connectivity index (χ0v) is 14.6. The van der Waals surface area contributed by atoms with Crippen molar-refractivity contribution in [3.63, 3.8) is 0 Å². The Morgan fingerprint density at radius 3 is 2.80 bits per heavy atom. The van der Waals surface area contributed by atoms with Crippen LogP contribution in [0.1, 0.15) is 21.6 Å². The maximum atomic E-state index is 13.8. The van der Waals surface area contributed by atoms with Crippen LogP contribution >= 0.6 is 0 Å². The van der Waals surface area contributed by atoms with Gasteiger partial charge in [0.2, 0.25) is 0 Å². The molecular formula is C18H19FN4O2. The summed E-state index contributed by atoms with van der Waals surface area (Å²) in [6, 6.07) is 6.45. The van der Waals surface area contributed by atoms with E-state index in [1.54, 1.807) is 29.9 Å². The first-order valence-electron chi connectivity index (χ1n) is 7.78. The number of amides is 1. The summed E-state index contributed by atoms with van der Waals surface area (Å²) >= 11 is 0. The van der Waals surface area contributed by atoms with Gasteiger partial charge in [-0.25, -0.2) is 9.37 Å². The summed E-state index contributed by atoms with van der Waals surface area (Å²) in [5, 5.41) is 5.15. The predicted octanol–water partition coefficient (Wildman–Crippen LogP) is 2.70. The van der Waals surface area contributed by atoms with Gasteiger partial charge in [-0.3, -0.25) is 9.48 Å². The number of ether oxygens (including phenoxy) is 1. The lowest BCUT2D eigenvalue weighted by molar-refractivity contribution is 0.0784. The molecule has 2 heterocycles. The quantitative estimate of drug-likeness (QED) is 0.731. The van der Waals surface area contributed by atoms with Gasteiger partial charge in [0.1, 0.15) is 0 Å². The zero-order chi connectivity index (χ0) is 18.1. The third-order valence-electron chi connectivity index (χ3n) is 4.09. The van der Waals surface area contributed by atoms with Crippen molar-refractivity contribution in [1.29, 1.82) is 0 Å². The van der Waals surface area contributed by atoms with Gasteiger partial charge in [0.25, 0.3) is 5.91 Å². The fourth-order valence-electron chi connectivity index (χ4n) is 2.80. The highest BCUT2D eigenvalue weighted by atomic mass is 19.1. The number of rotatable bonds is 4. The highest BCUT2D eigenvalue weighted by Gasteiger charge is 2.16. The number of halogens is 1. The van der Waals surface area contributed by atoms with E-state index >= 15 is 0 Å². The first kappa shape index (κ1) is 16.9. The van der Waals surface area contributed by atoms with Crippen molar-refractivity contribution >= 4 is 16.9 Å². The second-order valence-corrected chi connectivity index (χ2v) is 5.93. The highest BCUT2D eigenvalue weighted by molar-refractivity contribution is 5.97. The summed E-state index contributed by atoms with van der Waals surface area (Å²) in [7, 11) is 4.90. The molecule has 7 heteroatoms. The molecule has 0 saturated carbocycles. The lowest BCUT2D eigenvalue weighted by Crippen LogP contribution is -2.26. The van der Waals surface area contributed by atoms with E-state index in [1.807, 2.05) is 14.0 Å². The number of fused-ring (bicyclic) bond motifs is 1. The zero-order valence-electron chi connectivity index (χ0n) is 14.6. The number of nitrogens with zero attached hydrogens (tertiary/aromatic N) is 4. The van der Waals surface area contributed by atoms with E-state index in [9.17, 15) is 9.18 Å². The highest BCUT2D eigenvalue weighted by Crippen LogP contribution is 2.20. The predicted molar refractivity (Wildman–Crippen MR) is 92.0 cm³/mol. The van der Waals surface area contributed by atoms with Crippen LogP contribution in [-0.4, -0.2) is 39.7 Å². The second-order valence-electron chi connectivity index (χ2n) is 5.93. The Morgan fingerprint density at radius 2 is 2.12 bits per heavy atom. The largest absolute Gasteiger partial charge is 0.494 e. The number of hydrogen-bond acceptors (Lipinski definition) is 4. The Balaban J connectivity index is 1.82. The monoisotopic (exact) mass is 342 g/mol. The lowest BCUT2D eigenvalue weighted by atomic mass is 10.1. The molecule has 0 aliphatic rings. The van der Waals surface area contributed by atoms with E-state index < -0.39 is 5.82 Å². The van der Waals surface area contributed by atoms with E-state index in [-0.39, 0.29) is 18.2 Å². The molecule has 1 amide bonds. The number of aromatic nitrogens is 3. The maximum absolute atomic E-state index is 13.8. The second kappa shape index (κ2) is 6.51. The minimum atomic E-state index is -0.449. The molecule has 0 saturated heterocycles. The normalized spacial score (nSPS) is 10.9. The number of pyridine rings is 1. The van der Waals surface area contributed by atoms with Gasteiger partial charge in [-0.05, 0) is 30.7 Å². The van der Waals surface area contributed by atoms with Crippen molar-refractivity contribution in [2.45, 2.75) is 13.5 Å². The van der Waals surface area contributed by atoms with Gasteiger partial charge in [0.05, 0.1) is 18.4 Å². The van der Waals surface area contributed by atoms with Crippen LogP contribution in [0.4, 0.5) is 4.39 Å². The van der Waals surface area contributed by atoms with Crippen molar-refractivity contribution in [3.05, 3.63) is 53.1 Å². The Morgan fingerprint density at radius 1 is 1.36 bits per heavy atom. The Hall–Kier alpha value is -2.96. The van der Waals surface area contributed by atoms with Crippen LogP contribution in [0.2, 0.25) is 0 Å². The molecule has 0 fully saturated rings. The maximum Gasteiger partial charge on any atom is 0.255 e. The molecule has 25 heavy (non-hydrogen) atoms. The number of aryl methyl sites for hydroxylation is 2. The summed E-state index contributed by atoms with van der Waals surface area (Å²) < 4.78 is 20.4. The third kappa shape index (κ3) is 3.17. The first-order chi connectivity index (χ1) is 11.9. The van der Waals surface area contributed by atoms with Crippen LogP contribution in [0, 0.1) is 12.7 Å². The van der Waals surface area contributed by atoms with Gasteiger partial charge in [-0.1, -0.05) is 6.07 Å². The smallest absolute Gasteiger partial charge is 0.255 e. The number of benzene rings is 1. The Labute approximate surface area is 144 Å². The SMILES string of the molecule is COc1ccc(CN(C)C(=O)c2cnc3c(c2)c(C)nn3C)cc1F. The minimum absolute atomic E-state index is 0.180.